The van der Waals surface area contributed by atoms with Crippen molar-refractivity contribution in [2.75, 3.05) is 20.8 Å². The van der Waals surface area contributed by atoms with Crippen LogP contribution in [0.3, 0.4) is 0 Å². The minimum atomic E-state index is 0.413. The molecule has 162 valence electrons. The SMILES string of the molecule is COc1ccc(CCNC(N)=NCc2ccc(OCc3ccccn3)cc2)cc1OC. The molecule has 0 saturated carbocycles. The maximum Gasteiger partial charge on any atom is 0.188 e. The summed E-state index contributed by atoms with van der Waals surface area (Å²) in [7, 11) is 3.25. The van der Waals surface area contributed by atoms with E-state index in [0.717, 1.165) is 29.0 Å². The molecule has 0 radical (unpaired) electrons. The van der Waals surface area contributed by atoms with Crippen molar-refractivity contribution in [3.8, 4) is 17.2 Å². The van der Waals surface area contributed by atoms with Crippen LogP contribution < -0.4 is 25.3 Å². The Labute approximate surface area is 182 Å². The normalized spacial score (nSPS) is 11.1. The summed E-state index contributed by atoms with van der Waals surface area (Å²) in [5.74, 6) is 2.64. The van der Waals surface area contributed by atoms with Crippen LogP contribution in [0.25, 0.3) is 0 Å². The fourth-order valence-corrected chi connectivity index (χ4v) is 2.94. The van der Waals surface area contributed by atoms with Crippen molar-refractivity contribution in [1.82, 2.24) is 10.3 Å². The van der Waals surface area contributed by atoms with Gasteiger partial charge in [-0.2, -0.15) is 0 Å². The van der Waals surface area contributed by atoms with Crippen LogP contribution in [0.4, 0.5) is 0 Å². The Morgan fingerprint density at radius 3 is 2.45 bits per heavy atom. The van der Waals surface area contributed by atoms with Gasteiger partial charge in [-0.05, 0) is 53.9 Å². The fourth-order valence-electron chi connectivity index (χ4n) is 2.94. The van der Waals surface area contributed by atoms with E-state index in [2.05, 4.69) is 15.3 Å². The Balaban J connectivity index is 1.42. The van der Waals surface area contributed by atoms with Crippen molar-refractivity contribution in [2.24, 2.45) is 10.7 Å². The average molecular weight is 421 g/mol. The van der Waals surface area contributed by atoms with Gasteiger partial charge in [-0.25, -0.2) is 4.99 Å². The molecule has 0 spiro atoms. The Morgan fingerprint density at radius 1 is 0.968 bits per heavy atom. The molecule has 0 atom stereocenters. The Kier molecular flexibility index (Phi) is 8.11. The molecule has 3 rings (SSSR count). The van der Waals surface area contributed by atoms with Crippen molar-refractivity contribution in [3.63, 3.8) is 0 Å². The first kappa shape index (κ1) is 22.0. The molecule has 2 aromatic carbocycles. The zero-order valence-electron chi connectivity index (χ0n) is 17.9. The lowest BCUT2D eigenvalue weighted by Gasteiger charge is -2.10. The summed E-state index contributed by atoms with van der Waals surface area (Å²) in [4.78, 5) is 8.64. The van der Waals surface area contributed by atoms with Gasteiger partial charge in [0.25, 0.3) is 0 Å². The highest BCUT2D eigenvalue weighted by molar-refractivity contribution is 5.77. The molecule has 31 heavy (non-hydrogen) atoms. The topological polar surface area (TPSA) is 91.0 Å². The second kappa shape index (κ2) is 11.4. The number of hydrogen-bond donors (Lipinski definition) is 2. The molecule has 0 saturated heterocycles. The number of guanidine groups is 1. The third kappa shape index (κ3) is 6.92. The largest absolute Gasteiger partial charge is 0.493 e. The number of aromatic nitrogens is 1. The summed E-state index contributed by atoms with van der Waals surface area (Å²) >= 11 is 0. The molecule has 0 unspecified atom stereocenters. The summed E-state index contributed by atoms with van der Waals surface area (Å²) in [5, 5.41) is 3.14. The van der Waals surface area contributed by atoms with Crippen LogP contribution in [0, 0.1) is 0 Å². The van der Waals surface area contributed by atoms with Gasteiger partial charge in [0.2, 0.25) is 0 Å². The Hall–Kier alpha value is -3.74. The summed E-state index contributed by atoms with van der Waals surface area (Å²) in [6.45, 7) is 1.61. The lowest BCUT2D eigenvalue weighted by atomic mass is 10.1. The molecular weight excluding hydrogens is 392 g/mol. The number of rotatable bonds is 10. The van der Waals surface area contributed by atoms with Crippen molar-refractivity contribution in [3.05, 3.63) is 83.7 Å². The van der Waals surface area contributed by atoms with Gasteiger partial charge in [0.05, 0.1) is 26.5 Å². The van der Waals surface area contributed by atoms with Crippen LogP contribution in [-0.4, -0.2) is 31.7 Å². The molecule has 0 fully saturated rings. The molecule has 7 nitrogen and oxygen atoms in total. The predicted molar refractivity (Wildman–Crippen MR) is 122 cm³/mol. The van der Waals surface area contributed by atoms with E-state index >= 15 is 0 Å². The van der Waals surface area contributed by atoms with Gasteiger partial charge in [-0.3, -0.25) is 4.98 Å². The number of methoxy groups -OCH3 is 2. The van der Waals surface area contributed by atoms with E-state index in [-0.39, 0.29) is 0 Å². The molecule has 0 aliphatic carbocycles. The van der Waals surface area contributed by atoms with Gasteiger partial charge >= 0.3 is 0 Å². The number of nitrogens with one attached hydrogen (secondary N) is 1. The molecular formula is C24H28N4O3. The third-order valence-electron chi connectivity index (χ3n) is 4.64. The number of hydrogen-bond acceptors (Lipinski definition) is 5. The molecule has 0 amide bonds. The summed E-state index contributed by atoms with van der Waals surface area (Å²) in [5.41, 5.74) is 9.06. The molecule has 1 aromatic heterocycles. The van der Waals surface area contributed by atoms with Crippen LogP contribution in [0.15, 0.2) is 71.9 Å². The van der Waals surface area contributed by atoms with Gasteiger partial charge < -0.3 is 25.3 Å². The van der Waals surface area contributed by atoms with E-state index in [9.17, 15) is 0 Å². The van der Waals surface area contributed by atoms with Crippen LogP contribution in [-0.2, 0) is 19.6 Å². The summed E-state index contributed by atoms with van der Waals surface area (Å²) in [6.07, 6.45) is 2.55. The van der Waals surface area contributed by atoms with Gasteiger partial charge in [-0.15, -0.1) is 0 Å². The van der Waals surface area contributed by atoms with E-state index in [4.69, 9.17) is 19.9 Å². The van der Waals surface area contributed by atoms with E-state index in [0.29, 0.717) is 37.2 Å². The molecule has 3 aromatic rings. The zero-order valence-corrected chi connectivity index (χ0v) is 17.9. The van der Waals surface area contributed by atoms with Gasteiger partial charge in [-0.1, -0.05) is 24.3 Å². The fraction of sp³-hybridized carbons (Fsp3) is 0.250. The number of benzene rings is 2. The molecule has 0 aliphatic rings. The number of nitrogens with zero attached hydrogens (tertiary/aromatic N) is 2. The van der Waals surface area contributed by atoms with Crippen molar-refractivity contribution in [1.29, 1.82) is 0 Å². The van der Waals surface area contributed by atoms with E-state index < -0.39 is 0 Å². The van der Waals surface area contributed by atoms with Crippen molar-refractivity contribution >= 4 is 5.96 Å². The number of aliphatic imine (C=N–C) groups is 1. The average Bonchev–Trinajstić information content (AvgIpc) is 2.82. The van der Waals surface area contributed by atoms with E-state index in [1.807, 2.05) is 60.7 Å². The minimum Gasteiger partial charge on any atom is -0.493 e. The lowest BCUT2D eigenvalue weighted by Crippen LogP contribution is -2.33. The maximum absolute atomic E-state index is 5.99. The quantitative estimate of drug-likeness (QED) is 0.386. The van der Waals surface area contributed by atoms with Gasteiger partial charge in [0, 0.05) is 12.7 Å². The smallest absolute Gasteiger partial charge is 0.188 e. The zero-order chi connectivity index (χ0) is 21.9. The summed E-state index contributed by atoms with van der Waals surface area (Å²) < 4.78 is 16.3. The highest BCUT2D eigenvalue weighted by atomic mass is 16.5. The molecule has 3 N–H and O–H groups in total. The maximum atomic E-state index is 5.99. The van der Waals surface area contributed by atoms with E-state index in [1.54, 1.807) is 20.4 Å². The summed E-state index contributed by atoms with van der Waals surface area (Å²) in [6, 6.07) is 19.4. The number of ether oxygens (including phenoxy) is 3. The van der Waals surface area contributed by atoms with E-state index in [1.165, 1.54) is 0 Å². The monoisotopic (exact) mass is 420 g/mol. The molecule has 0 bridgehead atoms. The van der Waals surface area contributed by atoms with Crippen LogP contribution in [0.1, 0.15) is 16.8 Å². The standard InChI is InChI=1S/C24H28N4O3/c1-29-22-11-8-18(15-23(22)30-2)12-14-27-24(25)28-16-19-6-9-21(10-7-19)31-17-20-5-3-4-13-26-20/h3-11,13,15H,12,14,16-17H2,1-2H3,(H3,25,27,28). The Bertz CT molecular complexity index is 976. The second-order valence-electron chi connectivity index (χ2n) is 6.82. The highest BCUT2D eigenvalue weighted by Crippen LogP contribution is 2.27. The lowest BCUT2D eigenvalue weighted by molar-refractivity contribution is 0.301. The highest BCUT2D eigenvalue weighted by Gasteiger charge is 2.04. The predicted octanol–water partition coefficient (Wildman–Crippen LogP) is 3.32. The van der Waals surface area contributed by atoms with Crippen molar-refractivity contribution in [2.45, 2.75) is 19.6 Å². The molecule has 1 heterocycles. The van der Waals surface area contributed by atoms with Crippen molar-refractivity contribution < 1.29 is 14.2 Å². The second-order valence-corrected chi connectivity index (χ2v) is 6.82. The van der Waals surface area contributed by atoms with Crippen LogP contribution >= 0.6 is 0 Å². The molecule has 0 aliphatic heterocycles. The number of nitrogens with two attached hydrogens (primary N) is 1. The first-order valence-electron chi connectivity index (χ1n) is 10.0. The van der Waals surface area contributed by atoms with Gasteiger partial charge in [0.1, 0.15) is 12.4 Å². The minimum absolute atomic E-state index is 0.413. The first-order chi connectivity index (χ1) is 15.2. The third-order valence-corrected chi connectivity index (χ3v) is 4.64. The van der Waals surface area contributed by atoms with Crippen LogP contribution in [0.2, 0.25) is 0 Å². The van der Waals surface area contributed by atoms with Crippen LogP contribution in [0.5, 0.6) is 17.2 Å². The Morgan fingerprint density at radius 2 is 1.74 bits per heavy atom. The number of pyridine rings is 1. The molecule has 7 heteroatoms. The van der Waals surface area contributed by atoms with Gasteiger partial charge in [0.15, 0.2) is 17.5 Å². The first-order valence-corrected chi connectivity index (χ1v) is 10.0.